The van der Waals surface area contributed by atoms with Crippen molar-refractivity contribution in [2.24, 2.45) is 0 Å². The molecular formula is C18H27NO2. The number of hydrogen-bond acceptors (Lipinski definition) is 3. The highest BCUT2D eigenvalue weighted by Gasteiger charge is 2.19. The number of ether oxygens (including phenoxy) is 2. The zero-order valence-electron chi connectivity index (χ0n) is 13.1. The van der Waals surface area contributed by atoms with Crippen LogP contribution in [0.2, 0.25) is 0 Å². The van der Waals surface area contributed by atoms with Crippen molar-refractivity contribution in [1.82, 2.24) is 5.32 Å². The van der Waals surface area contributed by atoms with Crippen LogP contribution in [0.4, 0.5) is 0 Å². The molecule has 3 nitrogen and oxygen atoms in total. The second kappa shape index (κ2) is 7.28. The van der Waals surface area contributed by atoms with Gasteiger partial charge in [-0.1, -0.05) is 12.1 Å². The second-order valence-electron chi connectivity index (χ2n) is 6.29. The van der Waals surface area contributed by atoms with Gasteiger partial charge in [0.05, 0.1) is 12.7 Å². The number of fused-ring (bicyclic) bond motifs is 1. The van der Waals surface area contributed by atoms with Crippen LogP contribution in [0.3, 0.4) is 0 Å². The molecule has 0 bridgehead atoms. The Hall–Kier alpha value is -1.06. The Morgan fingerprint density at radius 1 is 1.29 bits per heavy atom. The first kappa shape index (κ1) is 14.9. The molecule has 2 atom stereocenters. The van der Waals surface area contributed by atoms with E-state index in [0.29, 0.717) is 12.1 Å². The molecule has 1 saturated heterocycles. The number of nitrogens with one attached hydrogen (secondary N) is 1. The zero-order chi connectivity index (χ0) is 14.5. The molecule has 0 radical (unpaired) electrons. The summed E-state index contributed by atoms with van der Waals surface area (Å²) in [6, 6.07) is 7.23. The Morgan fingerprint density at radius 3 is 3.05 bits per heavy atom. The van der Waals surface area contributed by atoms with E-state index in [2.05, 4.69) is 30.6 Å². The smallest absolute Gasteiger partial charge is 0.122 e. The molecule has 1 N–H and O–H groups in total. The van der Waals surface area contributed by atoms with Gasteiger partial charge in [0.25, 0.3) is 0 Å². The minimum Gasteiger partial charge on any atom is -0.493 e. The zero-order valence-corrected chi connectivity index (χ0v) is 13.1. The van der Waals surface area contributed by atoms with Crippen LogP contribution in [0.5, 0.6) is 5.75 Å². The van der Waals surface area contributed by atoms with Gasteiger partial charge in [-0.2, -0.15) is 0 Å². The van der Waals surface area contributed by atoms with E-state index >= 15 is 0 Å². The van der Waals surface area contributed by atoms with Gasteiger partial charge >= 0.3 is 0 Å². The predicted octanol–water partition coefficient (Wildman–Crippen LogP) is 3.10. The van der Waals surface area contributed by atoms with Crippen LogP contribution in [0.25, 0.3) is 0 Å². The first-order chi connectivity index (χ1) is 10.3. The van der Waals surface area contributed by atoms with Crippen molar-refractivity contribution in [3.05, 3.63) is 29.3 Å². The maximum absolute atomic E-state index is 5.87. The van der Waals surface area contributed by atoms with E-state index in [0.717, 1.165) is 38.2 Å². The highest BCUT2D eigenvalue weighted by Crippen LogP contribution is 2.26. The van der Waals surface area contributed by atoms with E-state index in [4.69, 9.17) is 9.47 Å². The van der Waals surface area contributed by atoms with Gasteiger partial charge in [-0.05, 0) is 62.8 Å². The third-order valence-corrected chi connectivity index (χ3v) is 4.76. The molecule has 1 aromatic carbocycles. The van der Waals surface area contributed by atoms with Crippen LogP contribution in [0, 0.1) is 0 Å². The standard InChI is InChI=1S/C18H27NO2/c1-19-16(13-17-4-2-3-10-20-17)7-5-14-6-8-18-15(12-14)9-11-21-18/h6,8,12,16-17,19H,2-5,7,9-11,13H2,1H3. The van der Waals surface area contributed by atoms with Crippen LogP contribution in [-0.2, 0) is 17.6 Å². The van der Waals surface area contributed by atoms with Gasteiger partial charge in [0.15, 0.2) is 0 Å². The van der Waals surface area contributed by atoms with Crippen LogP contribution in [-0.4, -0.2) is 32.4 Å². The Kier molecular flexibility index (Phi) is 5.15. The largest absolute Gasteiger partial charge is 0.493 e. The lowest BCUT2D eigenvalue weighted by Crippen LogP contribution is -2.33. The van der Waals surface area contributed by atoms with Crippen LogP contribution >= 0.6 is 0 Å². The van der Waals surface area contributed by atoms with Crippen molar-refractivity contribution in [2.45, 2.75) is 57.1 Å². The Labute approximate surface area is 128 Å². The van der Waals surface area contributed by atoms with Gasteiger partial charge in [0.1, 0.15) is 5.75 Å². The van der Waals surface area contributed by atoms with Crippen molar-refractivity contribution in [2.75, 3.05) is 20.3 Å². The predicted molar refractivity (Wildman–Crippen MR) is 85.0 cm³/mol. The normalized spacial score (nSPS) is 22.6. The lowest BCUT2D eigenvalue weighted by atomic mass is 9.96. The minimum atomic E-state index is 0.463. The fourth-order valence-corrected chi connectivity index (χ4v) is 3.43. The summed E-state index contributed by atoms with van der Waals surface area (Å²) in [5, 5.41) is 3.47. The van der Waals surface area contributed by atoms with Gasteiger partial charge in [0.2, 0.25) is 0 Å². The molecule has 21 heavy (non-hydrogen) atoms. The number of benzene rings is 1. The quantitative estimate of drug-likeness (QED) is 0.873. The summed E-state index contributed by atoms with van der Waals surface area (Å²) < 4.78 is 11.4. The number of aryl methyl sites for hydroxylation is 1. The lowest BCUT2D eigenvalue weighted by molar-refractivity contribution is 0.00519. The SMILES string of the molecule is CNC(CCc1ccc2c(c1)CCO2)CC1CCCCO1. The maximum Gasteiger partial charge on any atom is 0.122 e. The number of rotatable bonds is 6. The molecule has 0 amide bonds. The van der Waals surface area contributed by atoms with Crippen LogP contribution < -0.4 is 10.1 Å². The topological polar surface area (TPSA) is 30.5 Å². The molecule has 1 fully saturated rings. The van der Waals surface area contributed by atoms with Crippen molar-refractivity contribution in [1.29, 1.82) is 0 Å². The molecule has 2 aliphatic rings. The van der Waals surface area contributed by atoms with E-state index in [1.807, 2.05) is 0 Å². The van der Waals surface area contributed by atoms with Crippen LogP contribution in [0.1, 0.15) is 43.2 Å². The van der Waals surface area contributed by atoms with Gasteiger partial charge in [-0.25, -0.2) is 0 Å². The molecule has 0 saturated carbocycles. The third kappa shape index (κ3) is 3.98. The Bertz CT molecular complexity index is 455. The molecule has 3 heteroatoms. The van der Waals surface area contributed by atoms with Crippen molar-refractivity contribution in [3.63, 3.8) is 0 Å². The summed E-state index contributed by atoms with van der Waals surface area (Å²) in [5.74, 6) is 1.08. The summed E-state index contributed by atoms with van der Waals surface area (Å²) in [6.07, 6.45) is 8.77. The van der Waals surface area contributed by atoms with Gasteiger partial charge in [0, 0.05) is 19.1 Å². The fourth-order valence-electron chi connectivity index (χ4n) is 3.43. The van der Waals surface area contributed by atoms with Crippen LogP contribution in [0.15, 0.2) is 18.2 Å². The lowest BCUT2D eigenvalue weighted by Gasteiger charge is -2.27. The summed E-state index contributed by atoms with van der Waals surface area (Å²) in [7, 11) is 2.07. The summed E-state index contributed by atoms with van der Waals surface area (Å²) in [4.78, 5) is 0. The van der Waals surface area contributed by atoms with Crippen molar-refractivity contribution >= 4 is 0 Å². The third-order valence-electron chi connectivity index (χ3n) is 4.76. The summed E-state index contributed by atoms with van der Waals surface area (Å²) in [6.45, 7) is 1.79. The van der Waals surface area contributed by atoms with Gasteiger partial charge in [-0.3, -0.25) is 0 Å². The van der Waals surface area contributed by atoms with Crippen molar-refractivity contribution < 1.29 is 9.47 Å². The summed E-state index contributed by atoms with van der Waals surface area (Å²) >= 11 is 0. The molecule has 0 aliphatic carbocycles. The van der Waals surface area contributed by atoms with Crippen molar-refractivity contribution in [3.8, 4) is 5.75 Å². The molecular weight excluding hydrogens is 262 g/mol. The van der Waals surface area contributed by atoms with E-state index < -0.39 is 0 Å². The average molecular weight is 289 g/mol. The van der Waals surface area contributed by atoms with E-state index in [1.54, 1.807) is 0 Å². The van der Waals surface area contributed by atoms with E-state index in [-0.39, 0.29) is 0 Å². The monoisotopic (exact) mass is 289 g/mol. The van der Waals surface area contributed by atoms with E-state index in [1.165, 1.54) is 36.8 Å². The molecule has 0 aromatic heterocycles. The molecule has 2 unspecified atom stereocenters. The van der Waals surface area contributed by atoms with E-state index in [9.17, 15) is 0 Å². The minimum absolute atomic E-state index is 0.463. The highest BCUT2D eigenvalue weighted by molar-refractivity contribution is 5.39. The molecule has 2 aliphatic heterocycles. The Balaban J connectivity index is 1.50. The molecule has 116 valence electrons. The second-order valence-corrected chi connectivity index (χ2v) is 6.29. The molecule has 1 aromatic rings. The van der Waals surface area contributed by atoms with Gasteiger partial charge in [-0.15, -0.1) is 0 Å². The summed E-state index contributed by atoms with van der Waals surface area (Å²) in [5.41, 5.74) is 2.81. The molecule has 2 heterocycles. The fraction of sp³-hybridized carbons (Fsp3) is 0.667. The first-order valence-electron chi connectivity index (χ1n) is 8.38. The molecule has 0 spiro atoms. The maximum atomic E-state index is 5.87. The van der Waals surface area contributed by atoms with Gasteiger partial charge < -0.3 is 14.8 Å². The number of hydrogen-bond donors (Lipinski definition) is 1. The highest BCUT2D eigenvalue weighted by atomic mass is 16.5. The average Bonchev–Trinajstić information content (AvgIpc) is 3.00. The Morgan fingerprint density at radius 2 is 2.24 bits per heavy atom. The first-order valence-corrected chi connectivity index (χ1v) is 8.38. The molecule has 3 rings (SSSR count).